The number of hydrogen-bond acceptors (Lipinski definition) is 4. The quantitative estimate of drug-likeness (QED) is 0.309. The fourth-order valence-electron chi connectivity index (χ4n) is 4.15. The molecule has 1 aliphatic heterocycles. The zero-order valence-corrected chi connectivity index (χ0v) is 19.9. The number of aromatic hydroxyl groups is 1. The smallest absolute Gasteiger partial charge is 0.224 e. The summed E-state index contributed by atoms with van der Waals surface area (Å²) in [5.41, 5.74) is 10.2. The maximum absolute atomic E-state index is 12.4. The van der Waals surface area contributed by atoms with Crippen LogP contribution in [-0.2, 0) is 11.2 Å². The number of guanidine groups is 1. The molecule has 0 saturated heterocycles. The molecule has 2 aromatic rings. The molecule has 8 heteroatoms. The Bertz CT molecular complexity index is 1020. The summed E-state index contributed by atoms with van der Waals surface area (Å²) in [7, 11) is 0. The Labute approximate surface area is 195 Å². The number of nitrogens with two attached hydrogens (primary N) is 1. The van der Waals surface area contributed by atoms with E-state index >= 15 is 0 Å². The van der Waals surface area contributed by atoms with Crippen LogP contribution in [0.5, 0.6) is 11.5 Å². The molecule has 0 spiro atoms. The van der Waals surface area contributed by atoms with Gasteiger partial charge in [0.25, 0.3) is 0 Å². The highest BCUT2D eigenvalue weighted by Crippen LogP contribution is 2.44. The van der Waals surface area contributed by atoms with Gasteiger partial charge in [0, 0.05) is 23.4 Å². The third-order valence-electron chi connectivity index (χ3n) is 6.13. The van der Waals surface area contributed by atoms with Crippen molar-refractivity contribution in [2.45, 2.75) is 65.4 Å². The van der Waals surface area contributed by atoms with Gasteiger partial charge >= 0.3 is 0 Å². The summed E-state index contributed by atoms with van der Waals surface area (Å²) in [5, 5.41) is 23.2. The molecule has 0 saturated carbocycles. The molecule has 0 fully saturated rings. The highest BCUT2D eigenvalue weighted by molar-refractivity contribution is 5.93. The molecule has 0 aromatic heterocycles. The first kappa shape index (κ1) is 25.3. The summed E-state index contributed by atoms with van der Waals surface area (Å²) in [6, 6.07) is 7.11. The predicted molar refractivity (Wildman–Crippen MR) is 131 cm³/mol. The van der Waals surface area contributed by atoms with Crippen molar-refractivity contribution in [1.29, 1.82) is 5.41 Å². The molecule has 3 rings (SSSR count). The first-order valence-electron chi connectivity index (χ1n) is 10.6. The summed E-state index contributed by atoms with van der Waals surface area (Å²) < 4.78 is 6.44. The molecule has 1 unspecified atom stereocenters. The van der Waals surface area contributed by atoms with E-state index in [1.165, 1.54) is 0 Å². The molecule has 0 aliphatic carbocycles. The number of halogens is 1. The molecule has 1 atom stereocenters. The first-order chi connectivity index (χ1) is 14.6. The van der Waals surface area contributed by atoms with Gasteiger partial charge in [0.05, 0.1) is 0 Å². The number of rotatable bonds is 6. The van der Waals surface area contributed by atoms with Crippen LogP contribution in [-0.4, -0.2) is 22.6 Å². The van der Waals surface area contributed by atoms with Crippen LogP contribution >= 0.6 is 12.4 Å². The molecule has 1 heterocycles. The van der Waals surface area contributed by atoms with E-state index in [1.54, 1.807) is 24.3 Å². The number of hydrogen-bond donors (Lipinski definition) is 5. The average Bonchev–Trinajstić information content (AvgIpc) is 2.70. The van der Waals surface area contributed by atoms with Crippen LogP contribution in [0.4, 0.5) is 11.4 Å². The fourth-order valence-corrected chi connectivity index (χ4v) is 4.15. The summed E-state index contributed by atoms with van der Waals surface area (Å²) in [5.74, 6) is 1.04. The topological polar surface area (TPSA) is 120 Å². The van der Waals surface area contributed by atoms with Crippen LogP contribution in [0.2, 0.25) is 0 Å². The van der Waals surface area contributed by atoms with Gasteiger partial charge in [0.15, 0.2) is 5.96 Å². The number of phenols is 1. The van der Waals surface area contributed by atoms with Crippen molar-refractivity contribution < 1.29 is 14.6 Å². The maximum atomic E-state index is 12.4. The lowest BCUT2D eigenvalue weighted by Crippen LogP contribution is -2.37. The second-order valence-electron chi connectivity index (χ2n) is 8.60. The fraction of sp³-hybridized carbons (Fsp3) is 0.417. The molecule has 6 N–H and O–H groups in total. The summed E-state index contributed by atoms with van der Waals surface area (Å²) in [6.45, 7) is 7.94. The number of nitrogens with one attached hydrogen (secondary N) is 3. The van der Waals surface area contributed by atoms with Crippen LogP contribution in [0.3, 0.4) is 0 Å². The van der Waals surface area contributed by atoms with Crippen molar-refractivity contribution in [2.75, 3.05) is 10.6 Å². The van der Waals surface area contributed by atoms with Crippen molar-refractivity contribution >= 4 is 35.6 Å². The van der Waals surface area contributed by atoms with Crippen molar-refractivity contribution in [3.05, 3.63) is 46.5 Å². The third kappa shape index (κ3) is 5.65. The normalized spacial score (nSPS) is 16.9. The van der Waals surface area contributed by atoms with Crippen LogP contribution < -0.4 is 21.1 Å². The van der Waals surface area contributed by atoms with Crippen LogP contribution in [0, 0.1) is 26.2 Å². The number of amides is 1. The number of ether oxygens (including phenoxy) is 1. The van der Waals surface area contributed by atoms with Gasteiger partial charge in [-0.05, 0) is 88.3 Å². The van der Waals surface area contributed by atoms with E-state index in [4.69, 9.17) is 15.9 Å². The van der Waals surface area contributed by atoms with Gasteiger partial charge in [0.2, 0.25) is 5.91 Å². The van der Waals surface area contributed by atoms with Crippen LogP contribution in [0.25, 0.3) is 0 Å². The minimum atomic E-state index is -0.334. The zero-order valence-electron chi connectivity index (χ0n) is 19.1. The van der Waals surface area contributed by atoms with E-state index in [-0.39, 0.29) is 29.9 Å². The Morgan fingerprint density at radius 3 is 2.50 bits per heavy atom. The van der Waals surface area contributed by atoms with Crippen molar-refractivity contribution in [1.82, 2.24) is 0 Å². The first-order valence-corrected chi connectivity index (χ1v) is 10.6. The molecule has 7 nitrogen and oxygen atoms in total. The molecule has 0 bridgehead atoms. The van der Waals surface area contributed by atoms with Gasteiger partial charge in [-0.1, -0.05) is 6.07 Å². The van der Waals surface area contributed by atoms with Crippen LogP contribution in [0.1, 0.15) is 54.9 Å². The number of anilines is 2. The van der Waals surface area contributed by atoms with E-state index in [2.05, 4.69) is 17.6 Å². The predicted octanol–water partition coefficient (Wildman–Crippen LogP) is 4.94. The molecular weight excluding hydrogens is 428 g/mol. The molecule has 0 radical (unpaired) electrons. The Morgan fingerprint density at radius 1 is 1.19 bits per heavy atom. The lowest BCUT2D eigenvalue weighted by molar-refractivity contribution is -0.116. The molecule has 174 valence electrons. The van der Waals surface area contributed by atoms with E-state index in [9.17, 15) is 9.90 Å². The Morgan fingerprint density at radius 2 is 1.84 bits per heavy atom. The van der Waals surface area contributed by atoms with Gasteiger partial charge < -0.3 is 26.2 Å². The van der Waals surface area contributed by atoms with E-state index in [0.717, 1.165) is 47.3 Å². The number of benzene rings is 2. The van der Waals surface area contributed by atoms with Gasteiger partial charge in [-0.15, -0.1) is 12.4 Å². The molecular formula is C24H33ClN4O3. The Balaban J connectivity index is 0.00000363. The Hall–Kier alpha value is -2.93. The lowest BCUT2D eigenvalue weighted by atomic mass is 9.84. The molecule has 1 aliphatic rings. The van der Waals surface area contributed by atoms with E-state index in [0.29, 0.717) is 30.0 Å². The monoisotopic (exact) mass is 460 g/mol. The lowest BCUT2D eigenvalue weighted by Gasteiger charge is -2.38. The SMILES string of the molecule is Cc1c(C)c2c(c(C)c1O)CCC(C)(CCCC(=O)Nc1cccc(NC(=N)N)c1)O2.Cl. The second kappa shape index (κ2) is 10.1. The molecule has 2 aromatic carbocycles. The van der Waals surface area contributed by atoms with Crippen LogP contribution in [0.15, 0.2) is 24.3 Å². The number of carbonyl (C=O) groups is 1. The maximum Gasteiger partial charge on any atom is 0.224 e. The minimum Gasteiger partial charge on any atom is -0.507 e. The number of phenolic OH excluding ortho intramolecular Hbond substituents is 1. The highest BCUT2D eigenvalue weighted by atomic mass is 35.5. The second-order valence-corrected chi connectivity index (χ2v) is 8.60. The van der Waals surface area contributed by atoms with E-state index in [1.807, 2.05) is 20.8 Å². The molecule has 32 heavy (non-hydrogen) atoms. The number of carbonyl (C=O) groups excluding carboxylic acids is 1. The summed E-state index contributed by atoms with van der Waals surface area (Å²) in [4.78, 5) is 12.4. The van der Waals surface area contributed by atoms with Gasteiger partial charge in [-0.3, -0.25) is 10.2 Å². The van der Waals surface area contributed by atoms with Gasteiger partial charge in [-0.25, -0.2) is 0 Å². The third-order valence-corrected chi connectivity index (χ3v) is 6.13. The van der Waals surface area contributed by atoms with Crippen molar-refractivity contribution in [2.24, 2.45) is 5.73 Å². The highest BCUT2D eigenvalue weighted by Gasteiger charge is 2.34. The van der Waals surface area contributed by atoms with Crippen molar-refractivity contribution in [3.8, 4) is 11.5 Å². The summed E-state index contributed by atoms with van der Waals surface area (Å²) in [6.07, 6.45) is 3.57. The Kier molecular flexibility index (Phi) is 8.02. The standard InChI is InChI=1S/C24H32N4O3.ClH/c1-14-15(2)22-19(16(3)21(14)30)10-12-24(4,31-22)11-6-9-20(29)27-17-7-5-8-18(13-17)28-23(25)26;/h5,7-8,13,30H,6,9-12H2,1-4H3,(H,27,29)(H4,25,26,28);1H. The van der Waals surface area contributed by atoms with Gasteiger partial charge in [-0.2, -0.15) is 0 Å². The molecule has 1 amide bonds. The number of fused-ring (bicyclic) bond motifs is 1. The largest absolute Gasteiger partial charge is 0.507 e. The minimum absolute atomic E-state index is 0. The van der Waals surface area contributed by atoms with Gasteiger partial charge in [0.1, 0.15) is 17.1 Å². The van der Waals surface area contributed by atoms with E-state index < -0.39 is 0 Å². The average molecular weight is 461 g/mol. The summed E-state index contributed by atoms with van der Waals surface area (Å²) >= 11 is 0. The van der Waals surface area contributed by atoms with Crippen molar-refractivity contribution in [3.63, 3.8) is 0 Å². The zero-order chi connectivity index (χ0) is 22.8.